The highest BCUT2D eigenvalue weighted by atomic mass is 19.1. The number of ether oxygens (including phenoxy) is 1. The monoisotopic (exact) mass is 438 g/mol. The van der Waals surface area contributed by atoms with E-state index in [1.165, 1.54) is 17.9 Å². The molecule has 3 rings (SSSR count). The zero-order valence-corrected chi connectivity index (χ0v) is 17.3. The van der Waals surface area contributed by atoms with Gasteiger partial charge in [-0.15, -0.1) is 0 Å². The van der Waals surface area contributed by atoms with Gasteiger partial charge in [0.15, 0.2) is 0 Å². The number of hydrogen-bond donors (Lipinski definition) is 3. The van der Waals surface area contributed by atoms with Gasteiger partial charge in [-0.2, -0.15) is 0 Å². The van der Waals surface area contributed by atoms with Crippen LogP contribution in [0, 0.1) is 5.82 Å². The van der Waals surface area contributed by atoms with Gasteiger partial charge in [-0.05, 0) is 18.2 Å². The lowest BCUT2D eigenvalue weighted by atomic mass is 10.1. The van der Waals surface area contributed by atoms with Gasteiger partial charge in [0.25, 0.3) is 0 Å². The van der Waals surface area contributed by atoms with Gasteiger partial charge in [-0.3, -0.25) is 9.69 Å². The van der Waals surface area contributed by atoms with Crippen molar-refractivity contribution in [3.63, 3.8) is 0 Å². The molecule has 2 atom stereocenters. The molecule has 0 bridgehead atoms. The van der Waals surface area contributed by atoms with Crippen molar-refractivity contribution in [3.05, 3.63) is 24.0 Å². The molecule has 11 heteroatoms. The van der Waals surface area contributed by atoms with E-state index in [2.05, 4.69) is 10.5 Å². The Bertz CT molecular complexity index is 826. The molecule has 2 fully saturated rings. The van der Waals surface area contributed by atoms with Crippen LogP contribution in [0.4, 0.5) is 20.6 Å². The van der Waals surface area contributed by atoms with Gasteiger partial charge in [0.05, 0.1) is 36.8 Å². The van der Waals surface area contributed by atoms with E-state index in [9.17, 15) is 19.1 Å². The molecule has 2 saturated heterocycles. The highest BCUT2D eigenvalue weighted by Crippen LogP contribution is 2.29. The number of piperidine rings is 1. The smallest absolute Gasteiger partial charge is 0.414 e. The summed E-state index contributed by atoms with van der Waals surface area (Å²) in [5.41, 5.74) is 1.64. The average Bonchev–Trinajstić information content (AvgIpc) is 3.13. The van der Waals surface area contributed by atoms with Gasteiger partial charge in [-0.25, -0.2) is 9.18 Å². The molecule has 31 heavy (non-hydrogen) atoms. The van der Waals surface area contributed by atoms with Crippen molar-refractivity contribution < 1.29 is 33.8 Å². The van der Waals surface area contributed by atoms with Crippen molar-refractivity contribution in [2.24, 2.45) is 5.16 Å². The number of anilines is 2. The molecule has 0 aliphatic carbocycles. The molecule has 2 heterocycles. The maximum atomic E-state index is 14.8. The van der Waals surface area contributed by atoms with Crippen molar-refractivity contribution in [2.45, 2.75) is 32.0 Å². The second-order valence-corrected chi connectivity index (χ2v) is 7.47. The number of cyclic esters (lactones) is 1. The number of aliphatic hydroxyl groups excluding tert-OH is 2. The van der Waals surface area contributed by atoms with E-state index in [-0.39, 0.29) is 32.2 Å². The van der Waals surface area contributed by atoms with Crippen LogP contribution in [-0.4, -0.2) is 79.5 Å². The third kappa shape index (κ3) is 6.05. The number of rotatable bonds is 8. The van der Waals surface area contributed by atoms with Crippen molar-refractivity contribution in [3.8, 4) is 0 Å². The zero-order valence-electron chi connectivity index (χ0n) is 17.3. The van der Waals surface area contributed by atoms with E-state index in [0.717, 1.165) is 5.71 Å². The lowest BCUT2D eigenvalue weighted by Gasteiger charge is -2.30. The fourth-order valence-corrected chi connectivity index (χ4v) is 3.38. The van der Waals surface area contributed by atoms with E-state index < -0.39 is 24.1 Å². The molecule has 0 aromatic heterocycles. The Morgan fingerprint density at radius 2 is 2.16 bits per heavy atom. The number of amides is 2. The molecule has 1 unspecified atom stereocenters. The van der Waals surface area contributed by atoms with Crippen LogP contribution in [0.3, 0.4) is 0 Å². The number of carbonyl (C=O) groups excluding carboxylic acids is 2. The quantitative estimate of drug-likeness (QED) is 0.508. The van der Waals surface area contributed by atoms with Crippen molar-refractivity contribution in [1.82, 2.24) is 5.32 Å². The molecule has 10 nitrogen and oxygen atoms in total. The minimum Gasteiger partial charge on any atom is -0.442 e. The second kappa shape index (κ2) is 10.4. The Kier molecular flexibility index (Phi) is 7.64. The minimum atomic E-state index is -0.967. The van der Waals surface area contributed by atoms with Crippen LogP contribution in [0.15, 0.2) is 23.4 Å². The maximum Gasteiger partial charge on any atom is 0.414 e. The van der Waals surface area contributed by atoms with Crippen LogP contribution >= 0.6 is 0 Å². The summed E-state index contributed by atoms with van der Waals surface area (Å²) in [4.78, 5) is 31.4. The molecule has 2 amide bonds. The first-order valence-electron chi connectivity index (χ1n) is 10.1. The summed E-state index contributed by atoms with van der Waals surface area (Å²) < 4.78 is 20.0. The SMILES string of the molecule is CC(=O)NC[C@H]1CN(c2ccc(N3CCC(=NOCC(O)CO)CC3)c(F)c2)C(=O)O1. The van der Waals surface area contributed by atoms with Gasteiger partial charge in [0.2, 0.25) is 5.91 Å². The molecule has 3 N–H and O–H groups in total. The van der Waals surface area contributed by atoms with E-state index in [4.69, 9.17) is 14.7 Å². The minimum absolute atomic E-state index is 0.0790. The summed E-state index contributed by atoms with van der Waals surface area (Å²) in [6.45, 7) is 2.44. The second-order valence-electron chi connectivity index (χ2n) is 7.47. The summed E-state index contributed by atoms with van der Waals surface area (Å²) in [5, 5.41) is 24.6. The van der Waals surface area contributed by atoms with Crippen LogP contribution in [0.1, 0.15) is 19.8 Å². The lowest BCUT2D eigenvalue weighted by Crippen LogP contribution is -2.35. The normalized spacial score (nSPS) is 19.8. The molecule has 2 aliphatic rings. The summed E-state index contributed by atoms with van der Waals surface area (Å²) >= 11 is 0. The topological polar surface area (TPSA) is 124 Å². The number of aliphatic hydroxyl groups is 2. The number of hydrogen-bond acceptors (Lipinski definition) is 8. The highest BCUT2D eigenvalue weighted by molar-refractivity contribution is 5.90. The number of halogens is 1. The fourth-order valence-electron chi connectivity index (χ4n) is 3.38. The molecular formula is C20H27FN4O6. The van der Waals surface area contributed by atoms with E-state index in [0.29, 0.717) is 37.3 Å². The van der Waals surface area contributed by atoms with E-state index in [1.807, 2.05) is 4.90 Å². The molecule has 0 spiro atoms. The van der Waals surface area contributed by atoms with Crippen LogP contribution in [0.5, 0.6) is 0 Å². The Hall–Kier alpha value is -2.92. The molecule has 1 aromatic rings. The molecule has 1 aromatic carbocycles. The number of nitrogens with one attached hydrogen (secondary N) is 1. The third-order valence-electron chi connectivity index (χ3n) is 5.05. The molecular weight excluding hydrogens is 411 g/mol. The highest BCUT2D eigenvalue weighted by Gasteiger charge is 2.33. The predicted octanol–water partition coefficient (Wildman–Crippen LogP) is 0.613. The number of carbonyl (C=O) groups is 2. The predicted molar refractivity (Wildman–Crippen MR) is 111 cm³/mol. The molecule has 0 radical (unpaired) electrons. The average molecular weight is 438 g/mol. The van der Waals surface area contributed by atoms with Crippen LogP contribution < -0.4 is 15.1 Å². The first kappa shape index (κ1) is 22.8. The number of nitrogens with zero attached hydrogens (tertiary/aromatic N) is 3. The first-order valence-corrected chi connectivity index (χ1v) is 10.1. The molecule has 2 aliphatic heterocycles. The number of oxime groups is 1. The zero-order chi connectivity index (χ0) is 22.4. The van der Waals surface area contributed by atoms with Gasteiger partial charge in [0, 0.05) is 32.9 Å². The molecule has 170 valence electrons. The first-order chi connectivity index (χ1) is 14.9. The van der Waals surface area contributed by atoms with Crippen molar-refractivity contribution in [1.29, 1.82) is 0 Å². The summed E-state index contributed by atoms with van der Waals surface area (Å²) in [7, 11) is 0. The van der Waals surface area contributed by atoms with Gasteiger partial charge in [0.1, 0.15) is 24.6 Å². The van der Waals surface area contributed by atoms with Crippen LogP contribution in [0.25, 0.3) is 0 Å². The largest absolute Gasteiger partial charge is 0.442 e. The maximum absolute atomic E-state index is 14.8. The van der Waals surface area contributed by atoms with Crippen LogP contribution in [0.2, 0.25) is 0 Å². The van der Waals surface area contributed by atoms with Crippen LogP contribution in [-0.2, 0) is 14.4 Å². The van der Waals surface area contributed by atoms with E-state index >= 15 is 0 Å². The van der Waals surface area contributed by atoms with Crippen molar-refractivity contribution in [2.75, 3.05) is 49.2 Å². The summed E-state index contributed by atoms with van der Waals surface area (Å²) in [6, 6.07) is 4.61. The summed E-state index contributed by atoms with van der Waals surface area (Å²) in [5.74, 6) is -0.660. The van der Waals surface area contributed by atoms with Crippen molar-refractivity contribution >= 4 is 29.1 Å². The van der Waals surface area contributed by atoms with Gasteiger partial charge < -0.3 is 30.0 Å². The number of benzene rings is 1. The van der Waals surface area contributed by atoms with E-state index in [1.54, 1.807) is 12.1 Å². The lowest BCUT2D eigenvalue weighted by molar-refractivity contribution is -0.119. The summed E-state index contributed by atoms with van der Waals surface area (Å²) in [6.07, 6.45) is -0.864. The Morgan fingerprint density at radius 3 is 2.81 bits per heavy atom. The Labute approximate surface area is 179 Å². The Balaban J connectivity index is 1.56. The molecule has 0 saturated carbocycles. The third-order valence-corrected chi connectivity index (χ3v) is 5.05. The standard InChI is InChI=1S/C20H27FN4O6/c1-13(27)22-9-17-10-25(20(29)31-17)15-2-3-19(18(21)8-15)24-6-4-14(5-7-24)23-30-12-16(28)11-26/h2-3,8,16-17,26,28H,4-7,9-12H2,1H3,(H,22,27)/t16?,17-/m0/s1. The fraction of sp³-hybridized carbons (Fsp3) is 0.550. The van der Waals surface area contributed by atoms with Gasteiger partial charge >= 0.3 is 6.09 Å². The Morgan fingerprint density at radius 1 is 1.42 bits per heavy atom. The van der Waals surface area contributed by atoms with Gasteiger partial charge in [-0.1, -0.05) is 5.16 Å².